The van der Waals surface area contributed by atoms with E-state index in [1.54, 1.807) is 32.8 Å². The van der Waals surface area contributed by atoms with E-state index in [9.17, 15) is 19.2 Å². The number of hydrogen-bond acceptors (Lipinski definition) is 7. The van der Waals surface area contributed by atoms with Gasteiger partial charge in [0.2, 0.25) is 12.3 Å². The molecule has 0 radical (unpaired) electrons. The first-order valence-electron chi connectivity index (χ1n) is 9.31. The topological polar surface area (TPSA) is 108 Å². The van der Waals surface area contributed by atoms with Crippen LogP contribution in [0.2, 0.25) is 0 Å². The molecule has 0 aromatic carbocycles. The molecule has 0 rings (SSSR count). The van der Waals surface area contributed by atoms with Crippen molar-refractivity contribution in [3.8, 4) is 0 Å². The smallest absolute Gasteiger partial charge is 0.328 e. The number of ether oxygens (including phenoxy) is 1. The maximum atomic E-state index is 13.0. The van der Waals surface area contributed by atoms with Gasteiger partial charge in [-0.05, 0) is 37.7 Å². The summed E-state index contributed by atoms with van der Waals surface area (Å²) in [6.07, 6.45) is 3.18. The Labute approximate surface area is 171 Å². The molecule has 2 atom stereocenters. The average Bonchev–Trinajstić information content (AvgIpc) is 2.62. The van der Waals surface area contributed by atoms with E-state index in [1.165, 1.54) is 10.0 Å². The molecule has 2 N–H and O–H groups in total. The summed E-state index contributed by atoms with van der Waals surface area (Å²) in [5.74, 6) is -0.537. The van der Waals surface area contributed by atoms with Gasteiger partial charge in [-0.25, -0.2) is 9.80 Å². The first-order valence-corrected chi connectivity index (χ1v) is 10.7. The monoisotopic (exact) mass is 418 g/mol. The fraction of sp³-hybridized carbons (Fsp3) is 0.778. The molecule has 3 amide bonds. The number of nitrogens with zero attached hydrogens (tertiary/aromatic N) is 2. The van der Waals surface area contributed by atoms with Crippen molar-refractivity contribution in [1.82, 2.24) is 20.7 Å². The second kappa shape index (κ2) is 14.2. The van der Waals surface area contributed by atoms with E-state index in [4.69, 9.17) is 4.74 Å². The lowest BCUT2D eigenvalue weighted by molar-refractivity contribution is -0.158. The summed E-state index contributed by atoms with van der Waals surface area (Å²) in [6, 6.07) is -1.59. The van der Waals surface area contributed by atoms with Crippen molar-refractivity contribution in [2.75, 3.05) is 39.3 Å². The van der Waals surface area contributed by atoms with Gasteiger partial charge in [-0.15, -0.1) is 0 Å². The summed E-state index contributed by atoms with van der Waals surface area (Å²) in [6.45, 7) is 5.59. The van der Waals surface area contributed by atoms with E-state index in [0.717, 1.165) is 0 Å². The number of carbonyl (C=O) groups is 4. The first-order chi connectivity index (χ1) is 13.2. The third-order valence-corrected chi connectivity index (χ3v) is 4.46. The maximum Gasteiger partial charge on any atom is 0.328 e. The van der Waals surface area contributed by atoms with E-state index in [2.05, 4.69) is 10.6 Å². The molecule has 0 heterocycles. The highest BCUT2D eigenvalue weighted by Crippen LogP contribution is 2.15. The molecule has 28 heavy (non-hydrogen) atoms. The Morgan fingerprint density at radius 3 is 2.32 bits per heavy atom. The fourth-order valence-corrected chi connectivity index (χ4v) is 3.12. The molecule has 9 nitrogen and oxygen atoms in total. The number of esters is 1. The number of carbonyl (C=O) groups excluding carboxylic acids is 4. The number of hydrogen-bond donors (Lipinski definition) is 2. The lowest BCUT2D eigenvalue weighted by Crippen LogP contribution is -2.59. The van der Waals surface area contributed by atoms with Gasteiger partial charge in [-0.1, -0.05) is 13.8 Å². The predicted octanol–water partition coefficient (Wildman–Crippen LogP) is 0.253. The summed E-state index contributed by atoms with van der Waals surface area (Å²) >= 11 is 1.56. The minimum Gasteiger partial charge on any atom is -0.464 e. The van der Waals surface area contributed by atoms with Gasteiger partial charge in [0.1, 0.15) is 12.1 Å². The van der Waals surface area contributed by atoms with Crippen LogP contribution < -0.4 is 10.6 Å². The van der Waals surface area contributed by atoms with Crippen molar-refractivity contribution >= 4 is 36.0 Å². The molecule has 0 saturated heterocycles. The van der Waals surface area contributed by atoms with Crippen LogP contribution in [0.15, 0.2) is 0 Å². The highest BCUT2D eigenvalue weighted by Gasteiger charge is 2.34. The summed E-state index contributed by atoms with van der Waals surface area (Å²) < 4.78 is 5.07. The molecule has 0 saturated carbocycles. The molecule has 0 aliphatic carbocycles. The van der Waals surface area contributed by atoms with E-state index in [1.807, 2.05) is 20.1 Å². The Kier molecular flexibility index (Phi) is 13.3. The van der Waals surface area contributed by atoms with Crippen molar-refractivity contribution in [1.29, 1.82) is 0 Å². The summed E-state index contributed by atoms with van der Waals surface area (Å²) in [5.41, 5.74) is 0. The van der Waals surface area contributed by atoms with Crippen LogP contribution in [0.5, 0.6) is 0 Å². The summed E-state index contributed by atoms with van der Waals surface area (Å²) in [4.78, 5) is 48.4. The molecule has 0 aromatic heterocycles. The highest BCUT2D eigenvalue weighted by atomic mass is 32.2. The van der Waals surface area contributed by atoms with Crippen molar-refractivity contribution in [2.24, 2.45) is 5.92 Å². The van der Waals surface area contributed by atoms with Gasteiger partial charge >= 0.3 is 5.97 Å². The van der Waals surface area contributed by atoms with Gasteiger partial charge in [-0.3, -0.25) is 19.4 Å². The zero-order valence-corrected chi connectivity index (χ0v) is 18.5. The SMILES string of the molecule is CCOC(=O)C(CCSC)NC(=O)C(CC(C)C)N(C(=O)CNC=O)N(C)C. The summed E-state index contributed by atoms with van der Waals surface area (Å²) in [5, 5.41) is 7.90. The minimum absolute atomic E-state index is 0.122. The quantitative estimate of drug-likeness (QED) is 0.237. The molecule has 162 valence electrons. The van der Waals surface area contributed by atoms with Gasteiger partial charge < -0.3 is 15.4 Å². The van der Waals surface area contributed by atoms with E-state index >= 15 is 0 Å². The van der Waals surface area contributed by atoms with Gasteiger partial charge in [0.15, 0.2) is 0 Å². The molecule has 0 fully saturated rings. The Balaban J connectivity index is 5.56. The summed E-state index contributed by atoms with van der Waals surface area (Å²) in [7, 11) is 3.30. The van der Waals surface area contributed by atoms with Crippen molar-refractivity contribution in [3.63, 3.8) is 0 Å². The third-order valence-electron chi connectivity index (χ3n) is 3.81. The van der Waals surface area contributed by atoms with Crippen LogP contribution in [0, 0.1) is 5.92 Å². The van der Waals surface area contributed by atoms with Gasteiger partial charge in [0.25, 0.3) is 5.91 Å². The zero-order valence-electron chi connectivity index (χ0n) is 17.7. The number of rotatable bonds is 14. The second-order valence-electron chi connectivity index (χ2n) is 6.82. The van der Waals surface area contributed by atoms with Crippen LogP contribution in [0.3, 0.4) is 0 Å². The largest absolute Gasteiger partial charge is 0.464 e. The number of amides is 3. The van der Waals surface area contributed by atoms with Gasteiger partial charge in [0.05, 0.1) is 13.2 Å². The Morgan fingerprint density at radius 1 is 1.21 bits per heavy atom. The molecular weight excluding hydrogens is 384 g/mol. The van der Waals surface area contributed by atoms with Crippen LogP contribution in [-0.2, 0) is 23.9 Å². The van der Waals surface area contributed by atoms with Crippen molar-refractivity contribution in [3.05, 3.63) is 0 Å². The van der Waals surface area contributed by atoms with Crippen LogP contribution >= 0.6 is 11.8 Å². The Morgan fingerprint density at radius 2 is 1.86 bits per heavy atom. The van der Waals surface area contributed by atoms with Crippen molar-refractivity contribution in [2.45, 2.75) is 45.7 Å². The number of nitrogens with one attached hydrogen (secondary N) is 2. The molecule has 2 unspecified atom stereocenters. The standard InChI is InChI=1S/C18H34N4O5S/c1-7-27-18(26)14(8-9-28-6)20-17(25)15(10-13(2)3)22(21(4)5)16(24)11-19-12-23/h12-15H,7-11H2,1-6H3,(H,19,23)(H,20,25). The van der Waals surface area contributed by atoms with E-state index in [-0.39, 0.29) is 19.1 Å². The third kappa shape index (κ3) is 9.41. The lowest BCUT2D eigenvalue weighted by atomic mass is 10.0. The number of hydrazine groups is 1. The molecule has 0 aromatic rings. The Hall–Kier alpha value is -1.81. The molecule has 0 spiro atoms. The molecule has 10 heteroatoms. The normalized spacial score (nSPS) is 13.0. The minimum atomic E-state index is -0.817. The van der Waals surface area contributed by atoms with E-state index in [0.29, 0.717) is 25.0 Å². The first kappa shape index (κ1) is 26.2. The molecule has 0 aliphatic heterocycles. The van der Waals surface area contributed by atoms with Crippen LogP contribution in [0.1, 0.15) is 33.6 Å². The highest BCUT2D eigenvalue weighted by molar-refractivity contribution is 7.98. The fourth-order valence-electron chi connectivity index (χ4n) is 2.65. The van der Waals surface area contributed by atoms with Crippen molar-refractivity contribution < 1.29 is 23.9 Å². The predicted molar refractivity (Wildman–Crippen MR) is 109 cm³/mol. The van der Waals surface area contributed by atoms with E-state index < -0.39 is 29.9 Å². The van der Waals surface area contributed by atoms with Gasteiger partial charge in [0, 0.05) is 14.1 Å². The zero-order chi connectivity index (χ0) is 21.7. The Bertz CT molecular complexity index is 516. The molecule has 0 aliphatic rings. The average molecular weight is 419 g/mol. The molecule has 0 bridgehead atoms. The second-order valence-corrected chi connectivity index (χ2v) is 7.81. The maximum absolute atomic E-state index is 13.0. The van der Waals surface area contributed by atoms with Gasteiger partial charge in [-0.2, -0.15) is 11.8 Å². The van der Waals surface area contributed by atoms with Crippen LogP contribution in [0.25, 0.3) is 0 Å². The van der Waals surface area contributed by atoms with Crippen LogP contribution in [-0.4, -0.2) is 85.6 Å². The number of thioether (sulfide) groups is 1. The molecular formula is C18H34N4O5S. The lowest BCUT2D eigenvalue weighted by Gasteiger charge is -2.36. The van der Waals surface area contributed by atoms with Crippen LogP contribution in [0.4, 0.5) is 0 Å².